The molecule has 0 bridgehead atoms. The largest absolute Gasteiger partial charge is 0.491 e. The Hall–Kier alpha value is -1.56. The number of aliphatic carboxylic acids is 1. The lowest BCUT2D eigenvalue weighted by Gasteiger charge is -2.20. The Morgan fingerprint density at radius 3 is 2.78 bits per heavy atom. The molecular formula is C12H15BFNO3. The van der Waals surface area contributed by atoms with Crippen LogP contribution in [0, 0.1) is 0 Å². The summed E-state index contributed by atoms with van der Waals surface area (Å²) in [6, 6.07) is 4.78. The maximum absolute atomic E-state index is 12.0. The first-order valence-electron chi connectivity index (χ1n) is 5.45. The highest BCUT2D eigenvalue weighted by Gasteiger charge is 2.28. The fraction of sp³-hybridized carbons (Fsp3) is 0.417. The van der Waals surface area contributed by atoms with Crippen LogP contribution >= 0.6 is 0 Å². The number of carboxylic acid groups (broad SMARTS) is 1. The fourth-order valence-electron chi connectivity index (χ4n) is 1.53. The molecule has 6 heteroatoms. The van der Waals surface area contributed by atoms with Gasteiger partial charge in [0, 0.05) is 6.42 Å². The lowest BCUT2D eigenvalue weighted by atomic mass is 9.88. The molecule has 3 N–H and O–H groups in total. The quantitative estimate of drug-likeness (QED) is 0.707. The van der Waals surface area contributed by atoms with Crippen molar-refractivity contribution in [2.24, 2.45) is 5.73 Å². The molecule has 0 aliphatic rings. The zero-order valence-corrected chi connectivity index (χ0v) is 10.1. The Kier molecular flexibility index (Phi) is 4.72. The van der Waals surface area contributed by atoms with Crippen LogP contribution in [-0.2, 0) is 11.2 Å². The molecule has 0 saturated heterocycles. The third-order valence-electron chi connectivity index (χ3n) is 2.39. The lowest BCUT2D eigenvalue weighted by Crippen LogP contribution is -2.46. The number of hydrogen-bond donors (Lipinski definition) is 2. The van der Waals surface area contributed by atoms with Crippen LogP contribution < -0.4 is 15.9 Å². The first-order valence-corrected chi connectivity index (χ1v) is 5.45. The monoisotopic (exact) mass is 251 g/mol. The molecule has 4 nitrogen and oxygen atoms in total. The van der Waals surface area contributed by atoms with Gasteiger partial charge in [-0.05, 0) is 24.6 Å². The van der Waals surface area contributed by atoms with E-state index < -0.39 is 18.2 Å². The molecule has 96 valence electrons. The molecule has 0 heterocycles. The Morgan fingerprint density at radius 2 is 2.22 bits per heavy atom. The van der Waals surface area contributed by atoms with E-state index in [2.05, 4.69) is 0 Å². The molecule has 0 aliphatic carbocycles. The van der Waals surface area contributed by atoms with Crippen molar-refractivity contribution in [2.75, 3.05) is 13.3 Å². The SMILES string of the molecule is [B]c1cc(C[C@](C)(N)C(=O)O)cc(OCCF)c1. The van der Waals surface area contributed by atoms with Crippen molar-refractivity contribution >= 4 is 19.3 Å². The maximum atomic E-state index is 12.0. The number of hydrogen-bond acceptors (Lipinski definition) is 3. The van der Waals surface area contributed by atoms with Gasteiger partial charge in [0.05, 0.1) is 0 Å². The van der Waals surface area contributed by atoms with Crippen molar-refractivity contribution in [3.63, 3.8) is 0 Å². The van der Waals surface area contributed by atoms with E-state index in [1.165, 1.54) is 6.92 Å². The Balaban J connectivity index is 2.89. The lowest BCUT2D eigenvalue weighted by molar-refractivity contribution is -0.142. The van der Waals surface area contributed by atoms with E-state index in [4.69, 9.17) is 23.4 Å². The van der Waals surface area contributed by atoms with Crippen LogP contribution in [0.4, 0.5) is 4.39 Å². The number of carbonyl (C=O) groups is 1. The van der Waals surface area contributed by atoms with Crippen LogP contribution in [0.5, 0.6) is 5.75 Å². The summed E-state index contributed by atoms with van der Waals surface area (Å²) >= 11 is 0. The van der Waals surface area contributed by atoms with Gasteiger partial charge in [-0.2, -0.15) is 0 Å². The van der Waals surface area contributed by atoms with Gasteiger partial charge < -0.3 is 15.6 Å². The van der Waals surface area contributed by atoms with E-state index in [0.717, 1.165) is 0 Å². The number of carboxylic acids is 1. The summed E-state index contributed by atoms with van der Waals surface area (Å²) in [6.07, 6.45) is 0.110. The molecule has 0 amide bonds. The summed E-state index contributed by atoms with van der Waals surface area (Å²) in [4.78, 5) is 10.9. The van der Waals surface area contributed by atoms with E-state index >= 15 is 0 Å². The van der Waals surface area contributed by atoms with Crippen molar-refractivity contribution in [1.29, 1.82) is 0 Å². The summed E-state index contributed by atoms with van der Waals surface area (Å²) in [5, 5.41) is 8.95. The summed E-state index contributed by atoms with van der Waals surface area (Å²) < 4.78 is 17.1. The zero-order chi connectivity index (χ0) is 13.8. The molecule has 0 spiro atoms. The maximum Gasteiger partial charge on any atom is 0.323 e. The van der Waals surface area contributed by atoms with E-state index in [1.54, 1.807) is 18.2 Å². The van der Waals surface area contributed by atoms with Crippen molar-refractivity contribution in [3.8, 4) is 5.75 Å². The fourth-order valence-corrected chi connectivity index (χ4v) is 1.53. The normalized spacial score (nSPS) is 13.9. The highest BCUT2D eigenvalue weighted by atomic mass is 19.1. The number of halogens is 1. The molecule has 0 unspecified atom stereocenters. The third-order valence-corrected chi connectivity index (χ3v) is 2.39. The van der Waals surface area contributed by atoms with E-state index in [9.17, 15) is 9.18 Å². The number of ether oxygens (including phenoxy) is 1. The molecule has 1 atom stereocenters. The number of alkyl halides is 1. The second-order valence-electron chi connectivity index (χ2n) is 4.35. The van der Waals surface area contributed by atoms with E-state index in [-0.39, 0.29) is 13.0 Å². The van der Waals surface area contributed by atoms with Gasteiger partial charge in [-0.15, -0.1) is 0 Å². The average molecular weight is 251 g/mol. The minimum Gasteiger partial charge on any atom is -0.491 e. The minimum atomic E-state index is -1.38. The van der Waals surface area contributed by atoms with E-state index in [0.29, 0.717) is 16.8 Å². The summed E-state index contributed by atoms with van der Waals surface area (Å²) in [6.45, 7) is 0.746. The van der Waals surface area contributed by atoms with Crippen LogP contribution in [-0.4, -0.2) is 37.7 Å². The molecule has 2 radical (unpaired) electrons. The molecular weight excluding hydrogens is 236 g/mol. The van der Waals surface area contributed by atoms with Crippen molar-refractivity contribution in [3.05, 3.63) is 23.8 Å². The molecule has 18 heavy (non-hydrogen) atoms. The van der Waals surface area contributed by atoms with Crippen LogP contribution in [0.25, 0.3) is 0 Å². The predicted octanol–water partition coefficient (Wildman–Crippen LogP) is 0.173. The van der Waals surface area contributed by atoms with Gasteiger partial charge in [0.1, 0.15) is 32.4 Å². The van der Waals surface area contributed by atoms with Crippen molar-refractivity contribution in [1.82, 2.24) is 0 Å². The van der Waals surface area contributed by atoms with Gasteiger partial charge in [0.15, 0.2) is 0 Å². The molecule has 0 aromatic heterocycles. The molecule has 1 rings (SSSR count). The van der Waals surface area contributed by atoms with Crippen LogP contribution in [0.2, 0.25) is 0 Å². The Labute approximate surface area is 106 Å². The first-order chi connectivity index (χ1) is 8.35. The molecule has 0 aliphatic heterocycles. The highest BCUT2D eigenvalue weighted by Crippen LogP contribution is 2.16. The third kappa shape index (κ3) is 4.03. The zero-order valence-electron chi connectivity index (χ0n) is 10.1. The van der Waals surface area contributed by atoms with Crippen molar-refractivity contribution in [2.45, 2.75) is 18.9 Å². The smallest absolute Gasteiger partial charge is 0.323 e. The molecule has 1 aromatic rings. The van der Waals surface area contributed by atoms with E-state index in [1.807, 2.05) is 0 Å². The predicted molar refractivity (Wildman–Crippen MR) is 67.2 cm³/mol. The summed E-state index contributed by atoms with van der Waals surface area (Å²) in [5.74, 6) is -0.694. The average Bonchev–Trinajstić information content (AvgIpc) is 2.24. The molecule has 0 fully saturated rings. The summed E-state index contributed by atoms with van der Waals surface area (Å²) in [5.41, 5.74) is 5.32. The standard InChI is InChI=1S/C12H15BFNO3/c1-12(15,11(16)17)7-8-4-9(13)6-10(5-8)18-3-2-14/h4-6H,2-3,7,15H2,1H3,(H,16,17)/t12-/m0/s1. The van der Waals surface area contributed by atoms with Gasteiger partial charge >= 0.3 is 5.97 Å². The van der Waals surface area contributed by atoms with Gasteiger partial charge in [0.25, 0.3) is 0 Å². The van der Waals surface area contributed by atoms with Gasteiger partial charge in [-0.1, -0.05) is 11.5 Å². The van der Waals surface area contributed by atoms with Crippen LogP contribution in [0.15, 0.2) is 18.2 Å². The first kappa shape index (κ1) is 14.5. The van der Waals surface area contributed by atoms with Crippen LogP contribution in [0.1, 0.15) is 12.5 Å². The second kappa shape index (κ2) is 5.86. The minimum absolute atomic E-state index is 0.0677. The number of benzene rings is 1. The van der Waals surface area contributed by atoms with Crippen LogP contribution in [0.3, 0.4) is 0 Å². The number of rotatable bonds is 6. The summed E-state index contributed by atoms with van der Waals surface area (Å²) in [7, 11) is 5.66. The molecule has 1 aromatic carbocycles. The number of nitrogens with two attached hydrogens (primary N) is 1. The van der Waals surface area contributed by atoms with Gasteiger partial charge in [-0.3, -0.25) is 4.79 Å². The Bertz CT molecular complexity index is 437. The van der Waals surface area contributed by atoms with Gasteiger partial charge in [0.2, 0.25) is 0 Å². The second-order valence-corrected chi connectivity index (χ2v) is 4.35. The van der Waals surface area contributed by atoms with Crippen molar-refractivity contribution < 1.29 is 19.0 Å². The highest BCUT2D eigenvalue weighted by molar-refractivity contribution is 6.32. The Morgan fingerprint density at radius 1 is 1.56 bits per heavy atom. The molecule has 0 saturated carbocycles. The topological polar surface area (TPSA) is 72.6 Å². The van der Waals surface area contributed by atoms with Gasteiger partial charge in [-0.25, -0.2) is 4.39 Å².